The molecule has 1 aromatic carbocycles. The highest BCUT2D eigenvalue weighted by Gasteiger charge is 2.19. The predicted octanol–water partition coefficient (Wildman–Crippen LogP) is 1.40. The third kappa shape index (κ3) is 2.84. The number of piperazine rings is 1. The number of rotatable bonds is 3. The fourth-order valence-corrected chi connectivity index (χ4v) is 2.56. The van der Waals surface area contributed by atoms with Crippen LogP contribution in [0.4, 0.5) is 13.2 Å². The molecule has 1 aliphatic heterocycles. The molecule has 0 unspecified atom stereocenters. The largest absolute Gasteiger partial charge is 0.316 e. The molecular weight excluding hydrogens is 297 g/mol. The van der Waals surface area contributed by atoms with Crippen LogP contribution in [0.25, 0.3) is 11.0 Å². The molecule has 2 N–H and O–H groups in total. The molecule has 0 bridgehead atoms. The highest BCUT2D eigenvalue weighted by Crippen LogP contribution is 2.21. The molecule has 1 aromatic heterocycles. The van der Waals surface area contributed by atoms with Crippen LogP contribution in [-0.2, 0) is 6.54 Å². The van der Waals surface area contributed by atoms with Crippen molar-refractivity contribution in [3.8, 4) is 0 Å². The summed E-state index contributed by atoms with van der Waals surface area (Å²) in [6.07, 6.45) is -2.99. The Morgan fingerprint density at radius 2 is 2.00 bits per heavy atom. The molecule has 5 nitrogen and oxygen atoms in total. The van der Waals surface area contributed by atoms with Gasteiger partial charge in [0, 0.05) is 38.3 Å². The molecule has 22 heavy (non-hydrogen) atoms. The number of fused-ring (bicyclic) bond motifs is 1. The SMILES string of the molecule is O=c1[nH]c2c(F)c(CN3CCNCC3)ccc2nc1C(F)F. The number of nitrogens with zero attached hydrogens (tertiary/aromatic N) is 2. The Labute approximate surface area is 124 Å². The summed E-state index contributed by atoms with van der Waals surface area (Å²) in [5.41, 5.74) is -1.63. The van der Waals surface area contributed by atoms with E-state index in [-0.39, 0.29) is 11.0 Å². The lowest BCUT2D eigenvalue weighted by Gasteiger charge is -2.27. The highest BCUT2D eigenvalue weighted by molar-refractivity contribution is 5.75. The van der Waals surface area contributed by atoms with E-state index in [1.807, 2.05) is 0 Å². The number of aromatic nitrogens is 2. The van der Waals surface area contributed by atoms with Crippen LogP contribution in [0, 0.1) is 5.82 Å². The summed E-state index contributed by atoms with van der Waals surface area (Å²) in [6.45, 7) is 3.69. The minimum absolute atomic E-state index is 0.0245. The van der Waals surface area contributed by atoms with Crippen molar-refractivity contribution in [2.75, 3.05) is 26.2 Å². The summed E-state index contributed by atoms with van der Waals surface area (Å²) in [5, 5.41) is 3.21. The van der Waals surface area contributed by atoms with Gasteiger partial charge in [-0.1, -0.05) is 6.07 Å². The van der Waals surface area contributed by atoms with Crippen LogP contribution >= 0.6 is 0 Å². The summed E-state index contributed by atoms with van der Waals surface area (Å²) in [7, 11) is 0. The van der Waals surface area contributed by atoms with Crippen molar-refractivity contribution in [3.63, 3.8) is 0 Å². The Balaban J connectivity index is 1.98. The molecule has 0 spiro atoms. The average Bonchev–Trinajstić information content (AvgIpc) is 2.51. The quantitative estimate of drug-likeness (QED) is 0.899. The van der Waals surface area contributed by atoms with Crippen LogP contribution in [0.5, 0.6) is 0 Å². The number of aromatic amines is 1. The van der Waals surface area contributed by atoms with Crippen molar-refractivity contribution < 1.29 is 13.2 Å². The van der Waals surface area contributed by atoms with E-state index in [9.17, 15) is 18.0 Å². The first-order chi connectivity index (χ1) is 10.6. The van der Waals surface area contributed by atoms with Crippen molar-refractivity contribution in [2.24, 2.45) is 0 Å². The summed E-state index contributed by atoms with van der Waals surface area (Å²) in [4.78, 5) is 19.4. The second-order valence-corrected chi connectivity index (χ2v) is 5.21. The molecule has 0 atom stereocenters. The molecule has 0 aliphatic carbocycles. The topological polar surface area (TPSA) is 61.0 Å². The number of hydrogen-bond acceptors (Lipinski definition) is 4. The van der Waals surface area contributed by atoms with E-state index in [2.05, 4.69) is 20.2 Å². The number of halogens is 3. The Kier molecular flexibility index (Phi) is 4.12. The second-order valence-electron chi connectivity index (χ2n) is 5.21. The monoisotopic (exact) mass is 312 g/mol. The smallest absolute Gasteiger partial charge is 0.285 e. The van der Waals surface area contributed by atoms with Gasteiger partial charge in [0.2, 0.25) is 0 Å². The number of H-pyrrole nitrogens is 1. The molecule has 0 radical (unpaired) electrons. The van der Waals surface area contributed by atoms with Gasteiger partial charge in [-0.25, -0.2) is 18.2 Å². The Bertz CT molecular complexity index is 741. The van der Waals surface area contributed by atoms with Crippen LogP contribution < -0.4 is 10.9 Å². The summed E-state index contributed by atoms with van der Waals surface area (Å²) >= 11 is 0. The summed E-state index contributed by atoms with van der Waals surface area (Å²) < 4.78 is 39.8. The van der Waals surface area contributed by atoms with Crippen molar-refractivity contribution in [1.82, 2.24) is 20.2 Å². The third-order valence-corrected chi connectivity index (χ3v) is 3.72. The average molecular weight is 312 g/mol. The molecule has 8 heteroatoms. The van der Waals surface area contributed by atoms with Crippen molar-refractivity contribution >= 4 is 11.0 Å². The summed E-state index contributed by atoms with van der Waals surface area (Å²) in [6, 6.07) is 2.98. The van der Waals surface area contributed by atoms with Crippen LogP contribution in [0.3, 0.4) is 0 Å². The number of nitrogens with one attached hydrogen (secondary N) is 2. The molecule has 2 aromatic rings. The minimum atomic E-state index is -2.99. The van der Waals surface area contributed by atoms with Gasteiger partial charge in [-0.3, -0.25) is 9.69 Å². The molecule has 118 valence electrons. The van der Waals surface area contributed by atoms with E-state index in [1.54, 1.807) is 0 Å². The number of benzene rings is 1. The zero-order valence-electron chi connectivity index (χ0n) is 11.7. The maximum absolute atomic E-state index is 14.5. The van der Waals surface area contributed by atoms with E-state index in [1.165, 1.54) is 12.1 Å². The molecular formula is C14H15F3N4O. The molecule has 1 saturated heterocycles. The van der Waals surface area contributed by atoms with Gasteiger partial charge in [0.05, 0.1) is 5.52 Å². The van der Waals surface area contributed by atoms with E-state index < -0.39 is 23.5 Å². The van der Waals surface area contributed by atoms with E-state index in [4.69, 9.17) is 0 Å². The molecule has 1 fully saturated rings. The first kappa shape index (κ1) is 15.0. The fraction of sp³-hybridized carbons (Fsp3) is 0.429. The first-order valence-corrected chi connectivity index (χ1v) is 6.99. The van der Waals surface area contributed by atoms with Gasteiger partial charge >= 0.3 is 0 Å². The molecule has 0 amide bonds. The van der Waals surface area contributed by atoms with Crippen molar-refractivity contribution in [2.45, 2.75) is 13.0 Å². The van der Waals surface area contributed by atoms with Crippen LogP contribution in [0.15, 0.2) is 16.9 Å². The molecule has 0 saturated carbocycles. The Hall–Kier alpha value is -1.93. The lowest BCUT2D eigenvalue weighted by Crippen LogP contribution is -2.43. The second kappa shape index (κ2) is 6.05. The number of alkyl halides is 2. The Morgan fingerprint density at radius 3 is 2.68 bits per heavy atom. The van der Waals surface area contributed by atoms with Gasteiger partial charge in [0.25, 0.3) is 12.0 Å². The zero-order valence-corrected chi connectivity index (χ0v) is 11.7. The summed E-state index contributed by atoms with van der Waals surface area (Å²) in [5.74, 6) is -0.610. The minimum Gasteiger partial charge on any atom is -0.316 e. The van der Waals surface area contributed by atoms with Crippen LogP contribution in [0.2, 0.25) is 0 Å². The number of hydrogen-bond donors (Lipinski definition) is 2. The lowest BCUT2D eigenvalue weighted by atomic mass is 10.1. The highest BCUT2D eigenvalue weighted by atomic mass is 19.3. The third-order valence-electron chi connectivity index (χ3n) is 3.72. The van der Waals surface area contributed by atoms with Crippen LogP contribution in [-0.4, -0.2) is 41.0 Å². The predicted molar refractivity (Wildman–Crippen MR) is 75.4 cm³/mol. The lowest BCUT2D eigenvalue weighted by molar-refractivity contribution is 0.144. The van der Waals surface area contributed by atoms with Gasteiger partial charge in [-0.2, -0.15) is 0 Å². The fourth-order valence-electron chi connectivity index (χ4n) is 2.56. The normalized spacial score (nSPS) is 16.5. The van der Waals surface area contributed by atoms with Gasteiger partial charge in [-0.15, -0.1) is 0 Å². The standard InChI is InChI=1S/C14H15F3N4O/c15-10-8(7-21-5-3-18-4-6-21)1-2-9-11(10)20-14(22)12(19-9)13(16)17/h1-2,13,18H,3-7H2,(H,20,22). The van der Waals surface area contributed by atoms with E-state index in [0.717, 1.165) is 26.2 Å². The Morgan fingerprint density at radius 1 is 1.27 bits per heavy atom. The van der Waals surface area contributed by atoms with Gasteiger partial charge in [0.1, 0.15) is 5.52 Å². The van der Waals surface area contributed by atoms with Gasteiger partial charge in [-0.05, 0) is 6.07 Å². The molecule has 2 heterocycles. The molecule has 3 rings (SSSR count). The van der Waals surface area contributed by atoms with Gasteiger partial charge in [0.15, 0.2) is 11.5 Å². The first-order valence-electron chi connectivity index (χ1n) is 6.99. The zero-order chi connectivity index (χ0) is 15.7. The van der Waals surface area contributed by atoms with Crippen LogP contribution in [0.1, 0.15) is 17.7 Å². The van der Waals surface area contributed by atoms with Gasteiger partial charge < -0.3 is 10.3 Å². The molecule has 1 aliphatic rings. The van der Waals surface area contributed by atoms with Crippen molar-refractivity contribution in [1.29, 1.82) is 0 Å². The van der Waals surface area contributed by atoms with E-state index >= 15 is 0 Å². The van der Waals surface area contributed by atoms with E-state index in [0.29, 0.717) is 12.1 Å². The van der Waals surface area contributed by atoms with Crippen molar-refractivity contribution in [3.05, 3.63) is 39.6 Å². The maximum atomic E-state index is 14.5. The maximum Gasteiger partial charge on any atom is 0.285 e.